The Morgan fingerprint density at radius 2 is 1.78 bits per heavy atom. The number of sulfone groups is 1. The molecule has 0 bridgehead atoms. The number of para-hydroxylation sites is 1. The number of nitrogens with one attached hydrogen (secondary N) is 1. The van der Waals surface area contributed by atoms with Gasteiger partial charge in [-0.3, -0.25) is 9.69 Å². The molecule has 1 N–H and O–H groups in total. The van der Waals surface area contributed by atoms with Crippen molar-refractivity contribution in [2.75, 3.05) is 32.1 Å². The molecule has 0 aromatic heterocycles. The van der Waals surface area contributed by atoms with Gasteiger partial charge in [0.05, 0.1) is 24.2 Å². The van der Waals surface area contributed by atoms with E-state index < -0.39 is 26.4 Å². The van der Waals surface area contributed by atoms with Gasteiger partial charge in [0.1, 0.15) is 5.75 Å². The summed E-state index contributed by atoms with van der Waals surface area (Å²) >= 11 is 0. The number of anilines is 1. The van der Waals surface area contributed by atoms with Gasteiger partial charge in [-0.1, -0.05) is 24.3 Å². The number of carbonyl (C=O) groups excluding carboxylic acids is 1. The van der Waals surface area contributed by atoms with E-state index in [1.165, 1.54) is 23.8 Å². The maximum atomic E-state index is 12.9. The fraction of sp³-hybridized carbons (Fsp3) is 0.435. The monoisotopic (exact) mass is 466 g/mol. The molecule has 1 saturated heterocycles. The lowest BCUT2D eigenvalue weighted by atomic mass is 9.90. The summed E-state index contributed by atoms with van der Waals surface area (Å²) in [4.78, 5) is 13.9. The summed E-state index contributed by atoms with van der Waals surface area (Å²) in [6, 6.07) is 13.3. The molecule has 32 heavy (non-hydrogen) atoms. The van der Waals surface area contributed by atoms with Gasteiger partial charge in [-0.25, -0.2) is 8.42 Å². The minimum absolute atomic E-state index is 0.0915. The largest absolute Gasteiger partial charge is 0.497 e. The molecule has 0 spiro atoms. The highest BCUT2D eigenvalue weighted by Crippen LogP contribution is 2.27. The van der Waals surface area contributed by atoms with Crippen molar-refractivity contribution in [2.45, 2.75) is 36.3 Å². The third-order valence-corrected chi connectivity index (χ3v) is 7.22. The van der Waals surface area contributed by atoms with E-state index in [4.69, 9.17) is 4.74 Å². The number of carbonyl (C=O) groups is 1. The molecule has 1 fully saturated rings. The Morgan fingerprint density at radius 1 is 1.12 bits per heavy atom. The zero-order valence-corrected chi connectivity index (χ0v) is 18.8. The molecule has 1 aliphatic heterocycles. The molecule has 0 unspecified atom stereocenters. The van der Waals surface area contributed by atoms with Crippen LogP contribution in [0.4, 0.5) is 14.5 Å². The number of methoxy groups -OCH3 is 1. The second-order valence-corrected chi connectivity index (χ2v) is 9.84. The molecule has 3 rings (SSSR count). The van der Waals surface area contributed by atoms with Gasteiger partial charge in [0.25, 0.3) is 0 Å². The predicted octanol–water partition coefficient (Wildman–Crippen LogP) is 3.97. The number of likely N-dealkylation sites (tertiary alicyclic amines) is 1. The topological polar surface area (TPSA) is 75.7 Å². The van der Waals surface area contributed by atoms with Crippen LogP contribution in [0.15, 0.2) is 53.4 Å². The van der Waals surface area contributed by atoms with E-state index in [0.717, 1.165) is 50.6 Å². The molecule has 0 radical (unpaired) electrons. The first-order chi connectivity index (χ1) is 15.3. The number of amides is 1. The number of ether oxygens (including phenoxy) is 1. The SMILES string of the molecule is COc1ccc(CCC2CCN(CC(=O)Nc3ccccc3S(=O)(=O)C(F)F)CC2)cc1. The average Bonchev–Trinajstić information content (AvgIpc) is 2.79. The van der Waals surface area contributed by atoms with Gasteiger partial charge in [-0.15, -0.1) is 0 Å². The van der Waals surface area contributed by atoms with Crippen molar-refractivity contribution in [3.63, 3.8) is 0 Å². The number of halogens is 2. The van der Waals surface area contributed by atoms with E-state index >= 15 is 0 Å². The summed E-state index contributed by atoms with van der Waals surface area (Å²) in [5.41, 5.74) is 1.15. The molecule has 1 heterocycles. The average molecular weight is 467 g/mol. The van der Waals surface area contributed by atoms with Crippen molar-refractivity contribution < 1.29 is 26.7 Å². The van der Waals surface area contributed by atoms with E-state index in [0.29, 0.717) is 5.92 Å². The van der Waals surface area contributed by atoms with Gasteiger partial charge in [-0.05, 0) is 74.5 Å². The third-order valence-electron chi connectivity index (χ3n) is 5.78. The molecule has 6 nitrogen and oxygen atoms in total. The maximum absolute atomic E-state index is 12.9. The van der Waals surface area contributed by atoms with Crippen molar-refractivity contribution in [3.8, 4) is 5.75 Å². The second-order valence-electron chi connectivity index (χ2n) is 7.96. The molecule has 2 aromatic carbocycles. The molecule has 0 aliphatic carbocycles. The van der Waals surface area contributed by atoms with E-state index in [1.54, 1.807) is 7.11 Å². The van der Waals surface area contributed by atoms with E-state index in [9.17, 15) is 22.0 Å². The number of alkyl halides is 2. The molecule has 1 aliphatic rings. The lowest BCUT2D eigenvalue weighted by Gasteiger charge is -2.31. The summed E-state index contributed by atoms with van der Waals surface area (Å²) in [5.74, 6) is -2.54. The van der Waals surface area contributed by atoms with Crippen LogP contribution in [0.3, 0.4) is 0 Å². The zero-order valence-electron chi connectivity index (χ0n) is 18.0. The lowest BCUT2D eigenvalue weighted by molar-refractivity contribution is -0.117. The predicted molar refractivity (Wildman–Crippen MR) is 119 cm³/mol. The van der Waals surface area contributed by atoms with Gasteiger partial charge in [0.15, 0.2) is 0 Å². The second kappa shape index (κ2) is 10.9. The zero-order chi connectivity index (χ0) is 23.1. The van der Waals surface area contributed by atoms with Crippen LogP contribution in [0.2, 0.25) is 0 Å². The smallest absolute Gasteiger partial charge is 0.341 e. The first-order valence-electron chi connectivity index (χ1n) is 10.6. The van der Waals surface area contributed by atoms with Crippen LogP contribution >= 0.6 is 0 Å². The normalized spacial score (nSPS) is 15.6. The number of benzene rings is 2. The van der Waals surface area contributed by atoms with Crippen molar-refractivity contribution in [2.24, 2.45) is 5.92 Å². The fourth-order valence-electron chi connectivity index (χ4n) is 3.90. The highest BCUT2D eigenvalue weighted by Gasteiger charge is 2.29. The molecule has 0 atom stereocenters. The fourth-order valence-corrected chi connectivity index (χ4v) is 4.79. The highest BCUT2D eigenvalue weighted by molar-refractivity contribution is 7.91. The molecule has 1 amide bonds. The number of aryl methyl sites for hydroxylation is 1. The summed E-state index contributed by atoms with van der Waals surface area (Å²) in [6.45, 7) is 1.61. The van der Waals surface area contributed by atoms with Crippen LogP contribution in [-0.2, 0) is 21.1 Å². The summed E-state index contributed by atoms with van der Waals surface area (Å²) in [5, 5.41) is 2.48. The van der Waals surface area contributed by atoms with E-state index in [2.05, 4.69) is 17.4 Å². The minimum atomic E-state index is -4.80. The summed E-state index contributed by atoms with van der Waals surface area (Å²) in [6.07, 6.45) is 4.01. The van der Waals surface area contributed by atoms with E-state index in [1.807, 2.05) is 17.0 Å². The number of piperidine rings is 1. The Hall–Kier alpha value is -2.52. The van der Waals surface area contributed by atoms with Gasteiger partial charge >= 0.3 is 5.76 Å². The first kappa shape index (κ1) is 24.1. The number of nitrogens with zero attached hydrogens (tertiary/aromatic N) is 1. The van der Waals surface area contributed by atoms with Crippen LogP contribution in [0.1, 0.15) is 24.8 Å². The van der Waals surface area contributed by atoms with Crippen molar-refractivity contribution in [1.29, 1.82) is 0 Å². The maximum Gasteiger partial charge on any atom is 0.341 e. The van der Waals surface area contributed by atoms with Gasteiger partial charge in [-0.2, -0.15) is 8.78 Å². The molecular weight excluding hydrogens is 438 g/mol. The van der Waals surface area contributed by atoms with Crippen molar-refractivity contribution >= 4 is 21.4 Å². The van der Waals surface area contributed by atoms with Crippen molar-refractivity contribution in [1.82, 2.24) is 4.90 Å². The van der Waals surface area contributed by atoms with E-state index in [-0.39, 0.29) is 12.2 Å². The quantitative estimate of drug-likeness (QED) is 0.605. The minimum Gasteiger partial charge on any atom is -0.497 e. The molecular formula is C23H28F2N2O4S. The van der Waals surface area contributed by atoms with Gasteiger partial charge in [0.2, 0.25) is 15.7 Å². The van der Waals surface area contributed by atoms with Crippen LogP contribution < -0.4 is 10.1 Å². The number of rotatable bonds is 9. The van der Waals surface area contributed by atoms with Crippen LogP contribution in [0.25, 0.3) is 0 Å². The third kappa shape index (κ3) is 6.26. The molecule has 174 valence electrons. The standard InChI is InChI=1S/C23H28F2N2O4S/c1-31-19-10-8-17(9-11-19)6-7-18-12-14-27(15-13-18)16-22(28)26-20-4-2-3-5-21(20)32(29,30)23(24)25/h2-5,8-11,18,23H,6-7,12-16H2,1H3,(H,26,28). The Balaban J connectivity index is 1.47. The Kier molecular flexibility index (Phi) is 8.20. The van der Waals surface area contributed by atoms with Gasteiger partial charge in [0, 0.05) is 0 Å². The van der Waals surface area contributed by atoms with Gasteiger partial charge < -0.3 is 10.1 Å². The van der Waals surface area contributed by atoms with Crippen molar-refractivity contribution in [3.05, 3.63) is 54.1 Å². The summed E-state index contributed by atoms with van der Waals surface area (Å²) in [7, 11) is -3.15. The van der Waals surface area contributed by atoms with Crippen LogP contribution in [-0.4, -0.2) is 51.7 Å². The Morgan fingerprint density at radius 3 is 2.41 bits per heavy atom. The molecule has 0 saturated carbocycles. The Labute approximate surface area is 187 Å². The first-order valence-corrected chi connectivity index (χ1v) is 12.1. The highest BCUT2D eigenvalue weighted by atomic mass is 32.2. The molecule has 9 heteroatoms. The molecule has 2 aromatic rings. The van der Waals surface area contributed by atoms with Crippen LogP contribution in [0.5, 0.6) is 5.75 Å². The summed E-state index contributed by atoms with van der Waals surface area (Å²) < 4.78 is 54.7. The Bertz CT molecular complexity index is 1000. The van der Waals surface area contributed by atoms with Crippen LogP contribution in [0, 0.1) is 5.92 Å². The number of hydrogen-bond donors (Lipinski definition) is 1. The number of hydrogen-bond acceptors (Lipinski definition) is 5. The lowest BCUT2D eigenvalue weighted by Crippen LogP contribution is -2.39.